The van der Waals surface area contributed by atoms with Gasteiger partial charge in [-0.2, -0.15) is 0 Å². The molecule has 1 saturated heterocycles. The Morgan fingerprint density at radius 3 is 2.73 bits per heavy atom. The molecular weight excluding hydrogens is 188 g/mol. The predicted molar refractivity (Wildman–Crippen MR) is 64.2 cm³/mol. The van der Waals surface area contributed by atoms with Crippen LogP contribution in [0.2, 0.25) is 0 Å². The van der Waals surface area contributed by atoms with E-state index in [1.54, 1.807) is 0 Å². The molecule has 1 aliphatic rings. The van der Waals surface area contributed by atoms with E-state index in [0.717, 1.165) is 13.2 Å². The van der Waals surface area contributed by atoms with Gasteiger partial charge < -0.3 is 15.0 Å². The first kappa shape index (κ1) is 12.9. The lowest BCUT2D eigenvalue weighted by atomic mass is 10.1. The number of nitrogens with zero attached hydrogens (tertiary/aromatic N) is 1. The highest BCUT2D eigenvalue weighted by molar-refractivity contribution is 4.74. The summed E-state index contributed by atoms with van der Waals surface area (Å²) in [6.07, 6.45) is 4.14. The molecule has 1 heterocycles. The summed E-state index contributed by atoms with van der Waals surface area (Å²) in [5.74, 6) is 0. The Balaban J connectivity index is 2.22. The van der Waals surface area contributed by atoms with Gasteiger partial charge in [0.15, 0.2) is 0 Å². The minimum atomic E-state index is 0.474. The van der Waals surface area contributed by atoms with Gasteiger partial charge in [-0.15, -0.1) is 0 Å². The molecule has 3 atom stereocenters. The molecule has 1 rings (SSSR count). The fraction of sp³-hybridized carbons (Fsp3) is 1.00. The summed E-state index contributed by atoms with van der Waals surface area (Å²) >= 11 is 0. The molecule has 3 nitrogen and oxygen atoms in total. The molecule has 1 N–H and O–H groups in total. The van der Waals surface area contributed by atoms with Gasteiger partial charge in [-0.05, 0) is 47.2 Å². The molecule has 0 amide bonds. The second-order valence-electron chi connectivity index (χ2n) is 4.85. The largest absolute Gasteiger partial charge is 0.377 e. The molecule has 3 unspecified atom stereocenters. The van der Waals surface area contributed by atoms with Gasteiger partial charge >= 0.3 is 0 Å². The van der Waals surface area contributed by atoms with Crippen molar-refractivity contribution in [3.05, 3.63) is 0 Å². The maximum atomic E-state index is 5.65. The van der Waals surface area contributed by atoms with Crippen LogP contribution in [0.4, 0.5) is 0 Å². The lowest BCUT2D eigenvalue weighted by Gasteiger charge is -2.28. The summed E-state index contributed by atoms with van der Waals surface area (Å²) < 4.78 is 5.65. The molecule has 15 heavy (non-hydrogen) atoms. The summed E-state index contributed by atoms with van der Waals surface area (Å²) in [6.45, 7) is 6.57. The van der Waals surface area contributed by atoms with Crippen LogP contribution in [0.3, 0.4) is 0 Å². The third-order valence-electron chi connectivity index (χ3n) is 3.46. The third kappa shape index (κ3) is 4.49. The van der Waals surface area contributed by atoms with E-state index < -0.39 is 0 Å². The van der Waals surface area contributed by atoms with E-state index in [1.165, 1.54) is 19.3 Å². The first-order chi connectivity index (χ1) is 7.13. The average molecular weight is 214 g/mol. The van der Waals surface area contributed by atoms with E-state index in [4.69, 9.17) is 4.74 Å². The van der Waals surface area contributed by atoms with Gasteiger partial charge in [-0.1, -0.05) is 0 Å². The fourth-order valence-electron chi connectivity index (χ4n) is 2.10. The van der Waals surface area contributed by atoms with E-state index in [-0.39, 0.29) is 0 Å². The SMILES string of the molecule is CNC(C)CC(C)N(C)CC1CCCO1. The van der Waals surface area contributed by atoms with Crippen LogP contribution >= 0.6 is 0 Å². The van der Waals surface area contributed by atoms with Gasteiger partial charge in [0.05, 0.1) is 6.10 Å². The van der Waals surface area contributed by atoms with Crippen molar-refractivity contribution >= 4 is 0 Å². The van der Waals surface area contributed by atoms with Crippen molar-refractivity contribution < 1.29 is 4.74 Å². The smallest absolute Gasteiger partial charge is 0.0702 e. The summed E-state index contributed by atoms with van der Waals surface area (Å²) in [4.78, 5) is 2.42. The molecule has 3 heteroatoms. The minimum absolute atomic E-state index is 0.474. The Hall–Kier alpha value is -0.120. The highest BCUT2D eigenvalue weighted by atomic mass is 16.5. The van der Waals surface area contributed by atoms with Crippen LogP contribution < -0.4 is 5.32 Å². The number of ether oxygens (including phenoxy) is 1. The summed E-state index contributed by atoms with van der Waals surface area (Å²) in [5, 5.41) is 3.29. The third-order valence-corrected chi connectivity index (χ3v) is 3.46. The molecule has 1 aliphatic heterocycles. The number of likely N-dealkylation sites (N-methyl/N-ethyl adjacent to an activating group) is 1. The number of rotatable bonds is 6. The molecule has 0 aromatic heterocycles. The lowest BCUT2D eigenvalue weighted by Crippen LogP contribution is -2.39. The number of hydrogen-bond acceptors (Lipinski definition) is 3. The number of hydrogen-bond donors (Lipinski definition) is 1. The summed E-state index contributed by atoms with van der Waals surface area (Å²) in [5.41, 5.74) is 0. The van der Waals surface area contributed by atoms with Gasteiger partial charge in [0.2, 0.25) is 0 Å². The average Bonchev–Trinajstić information content (AvgIpc) is 2.70. The first-order valence-electron chi connectivity index (χ1n) is 6.12. The maximum absolute atomic E-state index is 5.65. The minimum Gasteiger partial charge on any atom is -0.377 e. The van der Waals surface area contributed by atoms with E-state index in [9.17, 15) is 0 Å². The highest BCUT2D eigenvalue weighted by Crippen LogP contribution is 2.14. The van der Waals surface area contributed by atoms with E-state index in [0.29, 0.717) is 18.2 Å². The van der Waals surface area contributed by atoms with Gasteiger partial charge in [-0.25, -0.2) is 0 Å². The van der Waals surface area contributed by atoms with Crippen molar-refractivity contribution in [1.82, 2.24) is 10.2 Å². The molecule has 1 fully saturated rings. The van der Waals surface area contributed by atoms with Crippen molar-refractivity contribution in [2.75, 3.05) is 27.2 Å². The van der Waals surface area contributed by atoms with Crippen LogP contribution in [-0.2, 0) is 4.74 Å². The lowest BCUT2D eigenvalue weighted by molar-refractivity contribution is 0.0679. The van der Waals surface area contributed by atoms with Crippen LogP contribution in [0.25, 0.3) is 0 Å². The Morgan fingerprint density at radius 2 is 2.20 bits per heavy atom. The topological polar surface area (TPSA) is 24.5 Å². The zero-order chi connectivity index (χ0) is 11.3. The standard InChI is InChI=1S/C12H26N2O/c1-10(13-3)8-11(2)14(4)9-12-6-5-7-15-12/h10-13H,5-9H2,1-4H3. The Bertz CT molecular complexity index is 169. The van der Waals surface area contributed by atoms with E-state index in [2.05, 4.69) is 31.1 Å². The molecule has 0 radical (unpaired) electrons. The van der Waals surface area contributed by atoms with Crippen molar-refractivity contribution in [2.45, 2.75) is 51.3 Å². The van der Waals surface area contributed by atoms with Crippen molar-refractivity contribution in [2.24, 2.45) is 0 Å². The summed E-state index contributed by atoms with van der Waals surface area (Å²) in [7, 11) is 4.23. The highest BCUT2D eigenvalue weighted by Gasteiger charge is 2.20. The molecule has 0 spiro atoms. The first-order valence-corrected chi connectivity index (χ1v) is 6.12. The second kappa shape index (κ2) is 6.46. The number of nitrogens with one attached hydrogen (secondary N) is 1. The van der Waals surface area contributed by atoms with Crippen molar-refractivity contribution in [3.8, 4) is 0 Å². The van der Waals surface area contributed by atoms with Gasteiger partial charge in [0.25, 0.3) is 0 Å². The van der Waals surface area contributed by atoms with Crippen molar-refractivity contribution in [1.29, 1.82) is 0 Å². The monoisotopic (exact) mass is 214 g/mol. The molecule has 90 valence electrons. The quantitative estimate of drug-likeness (QED) is 0.725. The fourth-order valence-corrected chi connectivity index (χ4v) is 2.10. The van der Waals surface area contributed by atoms with Crippen LogP contribution in [-0.4, -0.2) is 50.3 Å². The summed E-state index contributed by atoms with van der Waals surface area (Å²) in [6, 6.07) is 1.21. The second-order valence-corrected chi connectivity index (χ2v) is 4.85. The molecule has 0 aromatic rings. The van der Waals surface area contributed by atoms with Gasteiger partial charge in [-0.3, -0.25) is 0 Å². The van der Waals surface area contributed by atoms with Crippen LogP contribution in [0.15, 0.2) is 0 Å². The Labute approximate surface area is 94.2 Å². The molecule has 0 bridgehead atoms. The normalized spacial score (nSPS) is 25.8. The Morgan fingerprint density at radius 1 is 1.47 bits per heavy atom. The predicted octanol–water partition coefficient (Wildman–Crippen LogP) is 1.48. The van der Waals surface area contributed by atoms with Gasteiger partial charge in [0, 0.05) is 25.2 Å². The van der Waals surface area contributed by atoms with E-state index >= 15 is 0 Å². The zero-order valence-electron chi connectivity index (χ0n) is 10.6. The molecule has 0 aromatic carbocycles. The van der Waals surface area contributed by atoms with Gasteiger partial charge in [0.1, 0.15) is 0 Å². The Kier molecular flexibility index (Phi) is 5.58. The van der Waals surface area contributed by atoms with E-state index in [1.807, 2.05) is 7.05 Å². The maximum Gasteiger partial charge on any atom is 0.0702 e. The van der Waals surface area contributed by atoms with Crippen molar-refractivity contribution in [3.63, 3.8) is 0 Å². The van der Waals surface area contributed by atoms with Crippen LogP contribution in [0.5, 0.6) is 0 Å². The zero-order valence-corrected chi connectivity index (χ0v) is 10.6. The van der Waals surface area contributed by atoms with Crippen LogP contribution in [0.1, 0.15) is 33.1 Å². The molecule has 0 saturated carbocycles. The van der Waals surface area contributed by atoms with Crippen LogP contribution in [0, 0.1) is 0 Å². The molecular formula is C12H26N2O. The molecule has 0 aliphatic carbocycles.